The van der Waals surface area contributed by atoms with Crippen molar-refractivity contribution in [1.82, 2.24) is 4.90 Å². The number of hydrogen-bond donors (Lipinski definition) is 1. The third-order valence-corrected chi connectivity index (χ3v) is 4.89. The standard InChI is InChI=1S/C18H21NO4/c20-16(21)11-15-13-9-5-6-10-14(13)17(22)19(18(15)23)12-7-3-1-2-4-8-12/h5-6,9-10,12,15H,1-4,7-8,11H2,(H,20,21). The molecule has 1 aliphatic heterocycles. The molecule has 1 heterocycles. The van der Waals surface area contributed by atoms with Gasteiger partial charge in [-0.05, 0) is 24.5 Å². The summed E-state index contributed by atoms with van der Waals surface area (Å²) in [6.07, 6.45) is 5.63. The number of fused-ring (bicyclic) bond motifs is 1. The van der Waals surface area contributed by atoms with Crippen molar-refractivity contribution < 1.29 is 19.5 Å². The number of carbonyl (C=O) groups is 3. The number of amides is 2. The molecule has 1 fully saturated rings. The molecule has 0 radical (unpaired) electrons. The van der Waals surface area contributed by atoms with Crippen molar-refractivity contribution >= 4 is 17.8 Å². The maximum atomic E-state index is 12.9. The first kappa shape index (κ1) is 15.7. The number of rotatable bonds is 3. The quantitative estimate of drug-likeness (QED) is 0.687. The van der Waals surface area contributed by atoms with E-state index in [4.69, 9.17) is 5.11 Å². The zero-order valence-corrected chi connectivity index (χ0v) is 13.0. The molecule has 1 aromatic carbocycles. The SMILES string of the molecule is O=C(O)CC1C(=O)N(C2CCCCCC2)C(=O)c2ccccc21. The summed E-state index contributed by atoms with van der Waals surface area (Å²) in [6, 6.07) is 6.80. The number of imide groups is 1. The van der Waals surface area contributed by atoms with E-state index in [-0.39, 0.29) is 24.3 Å². The molecule has 1 atom stereocenters. The molecule has 0 saturated heterocycles. The average molecular weight is 315 g/mol. The Bertz CT molecular complexity index is 632. The van der Waals surface area contributed by atoms with Crippen LogP contribution in [0.2, 0.25) is 0 Å². The Labute approximate surface area is 135 Å². The minimum atomic E-state index is -1.02. The molecule has 2 amide bonds. The normalized spacial score (nSPS) is 22.6. The van der Waals surface area contributed by atoms with Crippen LogP contribution in [0.15, 0.2) is 24.3 Å². The number of aliphatic carboxylic acids is 1. The van der Waals surface area contributed by atoms with Crippen LogP contribution in [0.25, 0.3) is 0 Å². The number of carboxylic acid groups (broad SMARTS) is 1. The van der Waals surface area contributed by atoms with Crippen LogP contribution in [-0.4, -0.2) is 33.8 Å². The van der Waals surface area contributed by atoms with E-state index in [1.807, 2.05) is 0 Å². The summed E-state index contributed by atoms with van der Waals surface area (Å²) in [5.41, 5.74) is 1.03. The van der Waals surface area contributed by atoms with Gasteiger partial charge in [-0.2, -0.15) is 0 Å². The molecular weight excluding hydrogens is 294 g/mol. The summed E-state index contributed by atoms with van der Waals surface area (Å²) in [5, 5.41) is 9.16. The van der Waals surface area contributed by atoms with Crippen LogP contribution in [0.3, 0.4) is 0 Å². The van der Waals surface area contributed by atoms with E-state index in [2.05, 4.69) is 0 Å². The predicted molar refractivity (Wildman–Crippen MR) is 84.1 cm³/mol. The lowest BCUT2D eigenvalue weighted by atomic mass is 9.85. The first-order chi connectivity index (χ1) is 11.1. The number of carboxylic acids is 1. The fourth-order valence-corrected chi connectivity index (χ4v) is 3.76. The molecule has 1 N–H and O–H groups in total. The minimum absolute atomic E-state index is 0.0952. The smallest absolute Gasteiger partial charge is 0.304 e. The third-order valence-electron chi connectivity index (χ3n) is 4.89. The Hall–Kier alpha value is -2.17. The second-order valence-electron chi connectivity index (χ2n) is 6.40. The maximum Gasteiger partial charge on any atom is 0.304 e. The van der Waals surface area contributed by atoms with Crippen LogP contribution < -0.4 is 0 Å². The molecule has 2 aliphatic rings. The molecule has 5 heteroatoms. The van der Waals surface area contributed by atoms with Crippen molar-refractivity contribution in [1.29, 1.82) is 0 Å². The molecule has 23 heavy (non-hydrogen) atoms. The molecule has 5 nitrogen and oxygen atoms in total. The van der Waals surface area contributed by atoms with E-state index in [0.29, 0.717) is 11.1 Å². The Morgan fingerprint density at radius 3 is 2.39 bits per heavy atom. The highest BCUT2D eigenvalue weighted by Crippen LogP contribution is 2.35. The zero-order valence-electron chi connectivity index (χ0n) is 13.0. The number of carbonyl (C=O) groups excluding carboxylic acids is 2. The van der Waals surface area contributed by atoms with Gasteiger partial charge in [0.05, 0.1) is 12.3 Å². The molecule has 1 saturated carbocycles. The van der Waals surface area contributed by atoms with Crippen molar-refractivity contribution in [2.24, 2.45) is 0 Å². The summed E-state index contributed by atoms with van der Waals surface area (Å²) in [7, 11) is 0. The molecule has 0 bridgehead atoms. The number of hydrogen-bond acceptors (Lipinski definition) is 3. The van der Waals surface area contributed by atoms with Crippen molar-refractivity contribution in [3.05, 3.63) is 35.4 Å². The van der Waals surface area contributed by atoms with Gasteiger partial charge in [0.15, 0.2) is 0 Å². The van der Waals surface area contributed by atoms with Crippen molar-refractivity contribution in [3.8, 4) is 0 Å². The number of benzene rings is 1. The van der Waals surface area contributed by atoms with Gasteiger partial charge in [0.2, 0.25) is 5.91 Å². The summed E-state index contributed by atoms with van der Waals surface area (Å²) in [4.78, 5) is 38.3. The van der Waals surface area contributed by atoms with E-state index >= 15 is 0 Å². The van der Waals surface area contributed by atoms with E-state index < -0.39 is 11.9 Å². The van der Waals surface area contributed by atoms with Gasteiger partial charge < -0.3 is 5.11 Å². The third kappa shape index (κ3) is 3.00. The molecule has 0 spiro atoms. The van der Waals surface area contributed by atoms with Crippen LogP contribution >= 0.6 is 0 Å². The van der Waals surface area contributed by atoms with Crippen LogP contribution in [0, 0.1) is 0 Å². The fourth-order valence-electron chi connectivity index (χ4n) is 3.76. The second-order valence-corrected chi connectivity index (χ2v) is 6.40. The Morgan fingerprint density at radius 2 is 1.74 bits per heavy atom. The van der Waals surface area contributed by atoms with Crippen LogP contribution in [0.4, 0.5) is 0 Å². The van der Waals surface area contributed by atoms with E-state index in [9.17, 15) is 14.4 Å². The highest BCUT2D eigenvalue weighted by atomic mass is 16.4. The Kier molecular flexibility index (Phi) is 4.46. The second kappa shape index (κ2) is 6.52. The van der Waals surface area contributed by atoms with Crippen molar-refractivity contribution in [3.63, 3.8) is 0 Å². The Balaban J connectivity index is 1.99. The molecule has 122 valence electrons. The van der Waals surface area contributed by atoms with Crippen molar-refractivity contribution in [2.75, 3.05) is 0 Å². The van der Waals surface area contributed by atoms with E-state index in [1.165, 1.54) is 4.90 Å². The topological polar surface area (TPSA) is 74.7 Å². The minimum Gasteiger partial charge on any atom is -0.481 e. The summed E-state index contributed by atoms with van der Waals surface area (Å²) < 4.78 is 0. The lowest BCUT2D eigenvalue weighted by molar-refractivity contribution is -0.142. The predicted octanol–water partition coefficient (Wildman–Crippen LogP) is 2.95. The summed E-state index contributed by atoms with van der Waals surface area (Å²) in [6.45, 7) is 0. The zero-order chi connectivity index (χ0) is 16.4. The van der Waals surface area contributed by atoms with Gasteiger partial charge in [-0.3, -0.25) is 19.3 Å². The molecule has 1 aromatic rings. The van der Waals surface area contributed by atoms with Crippen LogP contribution in [0.1, 0.15) is 66.8 Å². The van der Waals surface area contributed by atoms with Gasteiger partial charge in [0, 0.05) is 11.6 Å². The van der Waals surface area contributed by atoms with Gasteiger partial charge in [-0.1, -0.05) is 43.9 Å². The Morgan fingerprint density at radius 1 is 1.09 bits per heavy atom. The monoisotopic (exact) mass is 315 g/mol. The lowest BCUT2D eigenvalue weighted by Gasteiger charge is -2.37. The summed E-state index contributed by atoms with van der Waals surface area (Å²) in [5.74, 6) is -2.39. The van der Waals surface area contributed by atoms with E-state index in [0.717, 1.165) is 38.5 Å². The largest absolute Gasteiger partial charge is 0.481 e. The average Bonchev–Trinajstić information content (AvgIpc) is 2.81. The van der Waals surface area contributed by atoms with Gasteiger partial charge >= 0.3 is 5.97 Å². The van der Waals surface area contributed by atoms with E-state index in [1.54, 1.807) is 24.3 Å². The van der Waals surface area contributed by atoms with Crippen molar-refractivity contribution in [2.45, 2.75) is 56.9 Å². The number of nitrogens with zero attached hydrogens (tertiary/aromatic N) is 1. The molecule has 1 aliphatic carbocycles. The van der Waals surface area contributed by atoms with Gasteiger partial charge in [-0.15, -0.1) is 0 Å². The molecular formula is C18H21NO4. The van der Waals surface area contributed by atoms with Gasteiger partial charge in [0.25, 0.3) is 5.91 Å². The molecule has 1 unspecified atom stereocenters. The first-order valence-corrected chi connectivity index (χ1v) is 8.27. The maximum absolute atomic E-state index is 12.9. The summed E-state index contributed by atoms with van der Waals surface area (Å²) >= 11 is 0. The van der Waals surface area contributed by atoms with Crippen LogP contribution in [0.5, 0.6) is 0 Å². The fraction of sp³-hybridized carbons (Fsp3) is 0.500. The molecule has 3 rings (SSSR count). The highest BCUT2D eigenvalue weighted by Gasteiger charge is 2.42. The first-order valence-electron chi connectivity index (χ1n) is 8.27. The lowest BCUT2D eigenvalue weighted by Crippen LogP contribution is -2.50. The van der Waals surface area contributed by atoms with Crippen LogP contribution in [-0.2, 0) is 9.59 Å². The molecule has 0 aromatic heterocycles. The van der Waals surface area contributed by atoms with Gasteiger partial charge in [0.1, 0.15) is 0 Å². The van der Waals surface area contributed by atoms with Gasteiger partial charge in [-0.25, -0.2) is 0 Å². The highest BCUT2D eigenvalue weighted by molar-refractivity contribution is 6.12.